The molecular formula is C20H19NO4S. The van der Waals surface area contributed by atoms with E-state index in [9.17, 15) is 13.2 Å². The van der Waals surface area contributed by atoms with Crippen LogP contribution in [0.25, 0.3) is 0 Å². The zero-order valence-corrected chi connectivity index (χ0v) is 15.3. The number of amides is 1. The molecule has 2 aromatic carbocycles. The average molecular weight is 369 g/mol. The fourth-order valence-corrected chi connectivity index (χ4v) is 4.01. The van der Waals surface area contributed by atoms with Gasteiger partial charge in [-0.25, -0.2) is 8.42 Å². The predicted octanol–water partition coefficient (Wildman–Crippen LogP) is 4.12. The molecule has 6 heteroatoms. The van der Waals surface area contributed by atoms with Crippen molar-refractivity contribution in [3.8, 4) is 0 Å². The van der Waals surface area contributed by atoms with Gasteiger partial charge in [-0.05, 0) is 49.2 Å². The molecule has 3 rings (SSSR count). The monoisotopic (exact) mass is 369 g/mol. The molecule has 1 N–H and O–H groups in total. The van der Waals surface area contributed by atoms with E-state index in [1.807, 2.05) is 26.0 Å². The minimum Gasteiger partial charge on any atom is -0.459 e. The third kappa shape index (κ3) is 3.70. The number of anilines is 1. The summed E-state index contributed by atoms with van der Waals surface area (Å²) in [7, 11) is -3.57. The van der Waals surface area contributed by atoms with Crippen molar-refractivity contribution >= 4 is 21.4 Å². The molecule has 3 aromatic rings. The molecule has 0 spiro atoms. The van der Waals surface area contributed by atoms with Crippen molar-refractivity contribution in [1.82, 2.24) is 0 Å². The van der Waals surface area contributed by atoms with Crippen molar-refractivity contribution < 1.29 is 17.6 Å². The highest BCUT2D eigenvalue weighted by Crippen LogP contribution is 2.23. The maximum absolute atomic E-state index is 12.6. The van der Waals surface area contributed by atoms with Crippen LogP contribution in [0.5, 0.6) is 0 Å². The number of hydrogen-bond acceptors (Lipinski definition) is 4. The van der Waals surface area contributed by atoms with E-state index in [0.29, 0.717) is 11.3 Å². The van der Waals surface area contributed by atoms with E-state index in [1.54, 1.807) is 24.3 Å². The van der Waals surface area contributed by atoms with Gasteiger partial charge in [0, 0.05) is 11.3 Å². The van der Waals surface area contributed by atoms with Crippen LogP contribution in [0, 0.1) is 13.8 Å². The molecule has 1 heterocycles. The number of benzene rings is 2. The second-order valence-corrected chi connectivity index (χ2v) is 8.04. The lowest BCUT2D eigenvalue weighted by molar-refractivity contribution is 0.0995. The van der Waals surface area contributed by atoms with Gasteiger partial charge in [-0.3, -0.25) is 4.79 Å². The molecule has 0 aliphatic carbocycles. The van der Waals surface area contributed by atoms with Gasteiger partial charge in [-0.2, -0.15) is 0 Å². The number of hydrogen-bond donors (Lipinski definition) is 1. The SMILES string of the molecule is Cc1cccc(NC(=O)c2occc2CS(=O)(=O)c2ccccc2)c1C. The largest absolute Gasteiger partial charge is 0.459 e. The second-order valence-electron chi connectivity index (χ2n) is 6.05. The Morgan fingerprint density at radius 1 is 1.00 bits per heavy atom. The summed E-state index contributed by atoms with van der Waals surface area (Å²) in [5.41, 5.74) is 3.00. The summed E-state index contributed by atoms with van der Waals surface area (Å²) in [4.78, 5) is 12.8. The van der Waals surface area contributed by atoms with Crippen LogP contribution in [0.4, 0.5) is 5.69 Å². The number of rotatable bonds is 5. The van der Waals surface area contributed by atoms with Crippen LogP contribution in [0.2, 0.25) is 0 Å². The first-order valence-electron chi connectivity index (χ1n) is 8.10. The fourth-order valence-electron chi connectivity index (χ4n) is 2.63. The van der Waals surface area contributed by atoms with Crippen LogP contribution in [0.15, 0.2) is 70.2 Å². The van der Waals surface area contributed by atoms with E-state index in [1.165, 1.54) is 24.5 Å². The molecule has 0 radical (unpaired) electrons. The summed E-state index contributed by atoms with van der Waals surface area (Å²) >= 11 is 0. The molecule has 0 aliphatic rings. The van der Waals surface area contributed by atoms with Gasteiger partial charge in [-0.1, -0.05) is 30.3 Å². The van der Waals surface area contributed by atoms with Crippen molar-refractivity contribution in [2.24, 2.45) is 0 Å². The summed E-state index contributed by atoms with van der Waals surface area (Å²) in [6.07, 6.45) is 1.33. The molecule has 0 aliphatic heterocycles. The van der Waals surface area contributed by atoms with Crippen LogP contribution in [-0.2, 0) is 15.6 Å². The van der Waals surface area contributed by atoms with E-state index in [-0.39, 0.29) is 16.4 Å². The zero-order chi connectivity index (χ0) is 18.7. The molecular weight excluding hydrogens is 350 g/mol. The van der Waals surface area contributed by atoms with Crippen LogP contribution in [0.3, 0.4) is 0 Å². The van der Waals surface area contributed by atoms with Gasteiger partial charge in [0.25, 0.3) is 5.91 Å². The van der Waals surface area contributed by atoms with Crippen molar-refractivity contribution in [2.75, 3.05) is 5.32 Å². The van der Waals surface area contributed by atoms with Gasteiger partial charge >= 0.3 is 0 Å². The van der Waals surface area contributed by atoms with Crippen molar-refractivity contribution in [1.29, 1.82) is 0 Å². The Bertz CT molecular complexity index is 1040. The fraction of sp³-hybridized carbons (Fsp3) is 0.150. The van der Waals surface area contributed by atoms with Crippen LogP contribution >= 0.6 is 0 Å². The van der Waals surface area contributed by atoms with Crippen molar-refractivity contribution in [3.05, 3.63) is 83.3 Å². The topological polar surface area (TPSA) is 76.4 Å². The number of carbonyl (C=O) groups is 1. The van der Waals surface area contributed by atoms with E-state index in [4.69, 9.17) is 4.42 Å². The van der Waals surface area contributed by atoms with Gasteiger partial charge in [0.15, 0.2) is 15.6 Å². The Balaban J connectivity index is 1.84. The number of carbonyl (C=O) groups excluding carboxylic acids is 1. The summed E-state index contributed by atoms with van der Waals surface area (Å²) in [6.45, 7) is 3.86. The smallest absolute Gasteiger partial charge is 0.291 e. The summed E-state index contributed by atoms with van der Waals surface area (Å²) in [5.74, 6) is -0.768. The first-order valence-corrected chi connectivity index (χ1v) is 9.75. The summed E-state index contributed by atoms with van der Waals surface area (Å²) < 4.78 is 30.4. The molecule has 0 unspecified atom stereocenters. The van der Waals surface area contributed by atoms with Gasteiger partial charge in [0.05, 0.1) is 16.9 Å². The molecule has 0 saturated carbocycles. The Morgan fingerprint density at radius 2 is 1.73 bits per heavy atom. The molecule has 0 fully saturated rings. The first kappa shape index (κ1) is 17.9. The van der Waals surface area contributed by atoms with Gasteiger partial charge < -0.3 is 9.73 Å². The number of nitrogens with one attached hydrogen (secondary N) is 1. The molecule has 26 heavy (non-hydrogen) atoms. The molecule has 0 bridgehead atoms. The van der Waals surface area contributed by atoms with Crippen LogP contribution < -0.4 is 5.32 Å². The Hall–Kier alpha value is -2.86. The second kappa shape index (κ2) is 7.17. The Kier molecular flexibility index (Phi) is 4.95. The predicted molar refractivity (Wildman–Crippen MR) is 99.9 cm³/mol. The van der Waals surface area contributed by atoms with Gasteiger partial charge in [-0.15, -0.1) is 0 Å². The van der Waals surface area contributed by atoms with Gasteiger partial charge in [0.1, 0.15) is 0 Å². The molecule has 0 saturated heterocycles. The highest BCUT2D eigenvalue weighted by molar-refractivity contribution is 7.90. The van der Waals surface area contributed by atoms with Crippen LogP contribution in [0.1, 0.15) is 27.2 Å². The summed E-state index contributed by atoms with van der Waals surface area (Å²) in [6, 6.07) is 15.3. The molecule has 0 atom stereocenters. The quantitative estimate of drug-likeness (QED) is 0.734. The highest BCUT2D eigenvalue weighted by atomic mass is 32.2. The van der Waals surface area contributed by atoms with Crippen molar-refractivity contribution in [2.45, 2.75) is 24.5 Å². The third-order valence-corrected chi connectivity index (χ3v) is 5.94. The van der Waals surface area contributed by atoms with Gasteiger partial charge in [0.2, 0.25) is 0 Å². The lowest BCUT2D eigenvalue weighted by Gasteiger charge is -2.10. The maximum atomic E-state index is 12.6. The molecule has 5 nitrogen and oxygen atoms in total. The lowest BCUT2D eigenvalue weighted by Crippen LogP contribution is -2.15. The lowest BCUT2D eigenvalue weighted by atomic mass is 10.1. The Morgan fingerprint density at radius 3 is 2.46 bits per heavy atom. The maximum Gasteiger partial charge on any atom is 0.291 e. The third-order valence-electron chi connectivity index (χ3n) is 4.25. The molecule has 134 valence electrons. The standard InChI is InChI=1S/C20H19NO4S/c1-14-7-6-10-18(15(14)2)21-20(22)19-16(11-12-25-19)13-26(23,24)17-8-4-3-5-9-17/h3-12H,13H2,1-2H3,(H,21,22). The van der Waals surface area contributed by atoms with Crippen molar-refractivity contribution in [3.63, 3.8) is 0 Å². The number of furan rings is 1. The molecule has 1 amide bonds. The summed E-state index contributed by atoms with van der Waals surface area (Å²) in [5, 5.41) is 2.79. The zero-order valence-electron chi connectivity index (χ0n) is 14.5. The number of sulfone groups is 1. The highest BCUT2D eigenvalue weighted by Gasteiger charge is 2.22. The first-order chi connectivity index (χ1) is 12.4. The van der Waals surface area contributed by atoms with E-state index >= 15 is 0 Å². The van der Waals surface area contributed by atoms with E-state index < -0.39 is 15.7 Å². The number of aryl methyl sites for hydroxylation is 1. The van der Waals surface area contributed by atoms with E-state index in [0.717, 1.165) is 11.1 Å². The van der Waals surface area contributed by atoms with Crippen LogP contribution in [-0.4, -0.2) is 14.3 Å². The van der Waals surface area contributed by atoms with E-state index in [2.05, 4.69) is 5.32 Å². The molecule has 1 aromatic heterocycles. The average Bonchev–Trinajstić information content (AvgIpc) is 3.07. The minimum atomic E-state index is -3.57. The normalized spacial score (nSPS) is 11.3. The Labute approximate surface area is 152 Å². The minimum absolute atomic E-state index is 0.00501.